The number of nitrogens with one attached hydrogen (secondary N) is 1. The lowest BCUT2D eigenvalue weighted by Crippen LogP contribution is -2.31. The molecule has 1 aliphatic carbocycles. The van der Waals surface area contributed by atoms with Crippen molar-refractivity contribution in [3.05, 3.63) is 47.0 Å². The van der Waals surface area contributed by atoms with Gasteiger partial charge in [0, 0.05) is 36.7 Å². The summed E-state index contributed by atoms with van der Waals surface area (Å²) in [4.78, 5) is 21.7. The summed E-state index contributed by atoms with van der Waals surface area (Å²) in [6, 6.07) is 3.59. The van der Waals surface area contributed by atoms with Crippen molar-refractivity contribution in [1.82, 2.24) is 25.6 Å². The highest BCUT2D eigenvalue weighted by Gasteiger charge is 2.28. The molecule has 0 aromatic carbocycles. The third-order valence-corrected chi connectivity index (χ3v) is 5.88. The monoisotopic (exact) mass is 423 g/mol. The first-order chi connectivity index (χ1) is 14.9. The zero-order valence-corrected chi connectivity index (χ0v) is 18.5. The highest BCUT2D eigenvalue weighted by molar-refractivity contribution is 5.91. The van der Waals surface area contributed by atoms with Crippen LogP contribution in [0.1, 0.15) is 84.8 Å². The van der Waals surface area contributed by atoms with Gasteiger partial charge < -0.3 is 14.4 Å². The maximum Gasteiger partial charge on any atom is 0.289 e. The maximum atomic E-state index is 12.2. The molecule has 1 aliphatic rings. The van der Waals surface area contributed by atoms with Gasteiger partial charge >= 0.3 is 0 Å². The van der Waals surface area contributed by atoms with E-state index < -0.39 is 0 Å². The Morgan fingerprint density at radius 3 is 2.42 bits per heavy atom. The number of nitrogens with zero attached hydrogens (tertiary/aromatic N) is 4. The average molecular weight is 424 g/mol. The second-order valence-electron chi connectivity index (χ2n) is 8.77. The van der Waals surface area contributed by atoms with E-state index in [0.29, 0.717) is 24.1 Å². The molecule has 0 radical (unpaired) electrons. The summed E-state index contributed by atoms with van der Waals surface area (Å²) in [5.74, 6) is 2.67. The molecule has 31 heavy (non-hydrogen) atoms. The van der Waals surface area contributed by atoms with Crippen molar-refractivity contribution in [2.75, 3.05) is 6.54 Å². The Balaban J connectivity index is 1.43. The van der Waals surface area contributed by atoms with Gasteiger partial charge in [-0.15, -0.1) is 0 Å². The highest BCUT2D eigenvalue weighted by Crippen LogP contribution is 2.39. The first kappa shape index (κ1) is 21.2. The normalized spacial score (nSPS) is 19.0. The summed E-state index contributed by atoms with van der Waals surface area (Å²) in [6.07, 6.45) is 5.95. The van der Waals surface area contributed by atoms with Gasteiger partial charge in [0.15, 0.2) is 5.76 Å². The minimum Gasteiger partial charge on any atom is -0.356 e. The van der Waals surface area contributed by atoms with Gasteiger partial charge in [-0.1, -0.05) is 24.2 Å². The molecule has 4 rings (SSSR count). The fourth-order valence-electron chi connectivity index (χ4n) is 4.11. The standard InChI is InChI=1S/C23H29N5O3/c1-13(2)22-24-12-18(19-9-14(3)27-30-19)21(26-22)17-7-5-16(6-8-17)11-25-23(29)20-10-15(4)28-31-20/h9-10,12-13,16-17H,5-8,11H2,1-4H3,(H,25,29). The Morgan fingerprint density at radius 1 is 1.10 bits per heavy atom. The van der Waals surface area contributed by atoms with Gasteiger partial charge in [0.05, 0.1) is 22.6 Å². The molecular weight excluding hydrogens is 394 g/mol. The topological polar surface area (TPSA) is 107 Å². The van der Waals surface area contributed by atoms with Crippen molar-refractivity contribution in [2.24, 2.45) is 5.92 Å². The van der Waals surface area contributed by atoms with Crippen molar-refractivity contribution < 1.29 is 13.8 Å². The Morgan fingerprint density at radius 2 is 1.81 bits per heavy atom. The Labute approximate surface area is 181 Å². The lowest BCUT2D eigenvalue weighted by Gasteiger charge is -2.29. The van der Waals surface area contributed by atoms with E-state index in [9.17, 15) is 4.79 Å². The van der Waals surface area contributed by atoms with Crippen molar-refractivity contribution in [3.8, 4) is 11.3 Å². The smallest absolute Gasteiger partial charge is 0.289 e. The number of carbonyl (C=O) groups excluding carboxylic acids is 1. The van der Waals surface area contributed by atoms with Gasteiger partial charge in [0.2, 0.25) is 5.76 Å². The number of aromatic nitrogens is 4. The van der Waals surface area contributed by atoms with Gasteiger partial charge in [-0.3, -0.25) is 4.79 Å². The largest absolute Gasteiger partial charge is 0.356 e. The third-order valence-electron chi connectivity index (χ3n) is 5.88. The highest BCUT2D eigenvalue weighted by atomic mass is 16.5. The van der Waals surface area contributed by atoms with Crippen molar-refractivity contribution in [1.29, 1.82) is 0 Å². The molecule has 3 aromatic heterocycles. The van der Waals surface area contributed by atoms with Crippen LogP contribution in [0.5, 0.6) is 0 Å². The molecule has 8 nitrogen and oxygen atoms in total. The summed E-state index contributed by atoms with van der Waals surface area (Å²) in [5.41, 5.74) is 3.53. The van der Waals surface area contributed by atoms with E-state index in [4.69, 9.17) is 14.0 Å². The van der Waals surface area contributed by atoms with Crippen molar-refractivity contribution >= 4 is 5.91 Å². The predicted molar refractivity (Wildman–Crippen MR) is 115 cm³/mol. The quantitative estimate of drug-likeness (QED) is 0.619. The molecule has 1 fully saturated rings. The molecule has 0 unspecified atom stereocenters. The van der Waals surface area contributed by atoms with Gasteiger partial charge in [-0.05, 0) is 45.4 Å². The summed E-state index contributed by atoms with van der Waals surface area (Å²) >= 11 is 0. The fourth-order valence-corrected chi connectivity index (χ4v) is 4.11. The summed E-state index contributed by atoms with van der Waals surface area (Å²) in [5, 5.41) is 10.8. The molecule has 0 spiro atoms. The summed E-state index contributed by atoms with van der Waals surface area (Å²) in [6.45, 7) is 8.56. The lowest BCUT2D eigenvalue weighted by atomic mass is 9.79. The Hall–Kier alpha value is -3.03. The first-order valence-corrected chi connectivity index (χ1v) is 10.9. The SMILES string of the molecule is Cc1cc(C(=O)NCC2CCC(c3nc(C(C)C)ncc3-c3cc(C)no3)CC2)on1. The van der Waals surface area contributed by atoms with Crippen LogP contribution in [0.2, 0.25) is 0 Å². The van der Waals surface area contributed by atoms with E-state index in [1.54, 1.807) is 13.0 Å². The van der Waals surface area contributed by atoms with E-state index >= 15 is 0 Å². The summed E-state index contributed by atoms with van der Waals surface area (Å²) in [7, 11) is 0. The maximum absolute atomic E-state index is 12.2. The van der Waals surface area contributed by atoms with Crippen LogP contribution < -0.4 is 5.32 Å². The van der Waals surface area contributed by atoms with E-state index in [1.807, 2.05) is 19.2 Å². The van der Waals surface area contributed by atoms with Crippen LogP contribution in [-0.4, -0.2) is 32.7 Å². The van der Waals surface area contributed by atoms with Crippen LogP contribution in [0.25, 0.3) is 11.3 Å². The van der Waals surface area contributed by atoms with E-state index in [1.165, 1.54) is 0 Å². The molecule has 1 saturated carbocycles. The Kier molecular flexibility index (Phi) is 6.15. The van der Waals surface area contributed by atoms with Gasteiger partial charge in [-0.2, -0.15) is 0 Å². The molecule has 1 amide bonds. The molecule has 0 saturated heterocycles. The lowest BCUT2D eigenvalue weighted by molar-refractivity contribution is 0.0905. The van der Waals surface area contributed by atoms with E-state index in [0.717, 1.165) is 54.2 Å². The zero-order valence-electron chi connectivity index (χ0n) is 18.5. The first-order valence-electron chi connectivity index (χ1n) is 10.9. The van der Waals surface area contributed by atoms with Gasteiger partial charge in [0.25, 0.3) is 5.91 Å². The second-order valence-corrected chi connectivity index (χ2v) is 8.77. The molecule has 0 aliphatic heterocycles. The van der Waals surface area contributed by atoms with Crippen LogP contribution in [0.4, 0.5) is 0 Å². The van der Waals surface area contributed by atoms with Crippen LogP contribution >= 0.6 is 0 Å². The van der Waals surface area contributed by atoms with E-state index in [2.05, 4.69) is 34.5 Å². The molecular formula is C23H29N5O3. The second kappa shape index (κ2) is 8.99. The molecule has 3 heterocycles. The van der Waals surface area contributed by atoms with Crippen molar-refractivity contribution in [3.63, 3.8) is 0 Å². The number of rotatable bonds is 6. The number of hydrogen-bond donors (Lipinski definition) is 1. The molecule has 0 atom stereocenters. The molecule has 0 bridgehead atoms. The van der Waals surface area contributed by atoms with Crippen LogP contribution in [0.3, 0.4) is 0 Å². The van der Waals surface area contributed by atoms with Crippen LogP contribution in [0.15, 0.2) is 27.4 Å². The zero-order chi connectivity index (χ0) is 22.0. The number of carbonyl (C=O) groups is 1. The van der Waals surface area contributed by atoms with Crippen LogP contribution in [0, 0.1) is 19.8 Å². The number of amides is 1. The van der Waals surface area contributed by atoms with Gasteiger partial charge in [0.1, 0.15) is 5.82 Å². The third kappa shape index (κ3) is 4.84. The Bertz CT molecular complexity index is 1050. The predicted octanol–water partition coefficient (Wildman–Crippen LogP) is 4.56. The average Bonchev–Trinajstić information content (AvgIpc) is 3.40. The molecule has 8 heteroatoms. The fraction of sp³-hybridized carbons (Fsp3) is 0.522. The van der Waals surface area contributed by atoms with Crippen LogP contribution in [-0.2, 0) is 0 Å². The van der Waals surface area contributed by atoms with Crippen molar-refractivity contribution in [2.45, 2.75) is 65.2 Å². The molecule has 1 N–H and O–H groups in total. The minimum atomic E-state index is -0.205. The van der Waals surface area contributed by atoms with E-state index in [-0.39, 0.29) is 17.6 Å². The minimum absolute atomic E-state index is 0.205. The van der Waals surface area contributed by atoms with Gasteiger partial charge in [-0.25, -0.2) is 9.97 Å². The summed E-state index contributed by atoms with van der Waals surface area (Å²) < 4.78 is 10.6. The molecule has 3 aromatic rings. The number of aryl methyl sites for hydroxylation is 2. The molecule has 164 valence electrons. The number of hydrogen-bond acceptors (Lipinski definition) is 7.